The molecule has 25 heavy (non-hydrogen) atoms. The number of thiocarbonyl (C=S) groups is 1. The Balaban J connectivity index is 2.43. The summed E-state index contributed by atoms with van der Waals surface area (Å²) in [5.74, 6) is 1.19. The van der Waals surface area contributed by atoms with Gasteiger partial charge in [0.15, 0.2) is 5.11 Å². The molecule has 0 atom stereocenters. The third kappa shape index (κ3) is 4.08. The maximum atomic E-state index is 13.0. The van der Waals surface area contributed by atoms with Crippen molar-refractivity contribution in [2.24, 2.45) is 5.92 Å². The Kier molecular flexibility index (Phi) is 5.40. The quantitative estimate of drug-likeness (QED) is 0.781. The molecular formula is C18H28N2O3S2. The van der Waals surface area contributed by atoms with Crippen molar-refractivity contribution in [1.82, 2.24) is 10.0 Å². The normalized spacial score (nSPS) is 15.7. The Bertz CT molecular complexity index is 812. The van der Waals surface area contributed by atoms with Crippen LogP contribution >= 0.6 is 12.2 Å². The topological polar surface area (TPSA) is 67.4 Å². The minimum absolute atomic E-state index is 0.127. The zero-order valence-electron chi connectivity index (χ0n) is 16.0. The van der Waals surface area contributed by atoms with Crippen LogP contribution in [-0.2, 0) is 16.4 Å². The molecule has 1 aromatic rings. The lowest BCUT2D eigenvalue weighted by Gasteiger charge is -2.20. The average molecular weight is 385 g/mol. The van der Waals surface area contributed by atoms with Crippen molar-refractivity contribution < 1.29 is 13.2 Å². The number of hydrogen-bond donors (Lipinski definition) is 2. The molecule has 0 fully saturated rings. The summed E-state index contributed by atoms with van der Waals surface area (Å²) < 4.78 is 34.5. The smallest absolute Gasteiger partial charge is 0.264 e. The Morgan fingerprint density at radius 2 is 1.80 bits per heavy atom. The van der Waals surface area contributed by atoms with Crippen molar-refractivity contribution in [2.45, 2.75) is 65.4 Å². The van der Waals surface area contributed by atoms with E-state index in [1.165, 1.54) is 0 Å². The minimum Gasteiger partial charge on any atom is -0.487 e. The van der Waals surface area contributed by atoms with Gasteiger partial charge < -0.3 is 10.1 Å². The third-order valence-electron chi connectivity index (χ3n) is 4.46. The molecule has 0 radical (unpaired) electrons. The Labute approximate surface area is 156 Å². The van der Waals surface area contributed by atoms with E-state index in [0.717, 1.165) is 22.4 Å². The SMILES string of the molecule is Cc1c(C)c(S(=O)(=O)NC(=S)NCC(C)C)c(C)c2c1OC(C)(C)C2. The van der Waals surface area contributed by atoms with Crippen molar-refractivity contribution in [3.63, 3.8) is 0 Å². The van der Waals surface area contributed by atoms with Crippen LogP contribution in [0.2, 0.25) is 0 Å². The minimum atomic E-state index is -3.76. The number of nitrogens with one attached hydrogen (secondary N) is 2. The van der Waals surface area contributed by atoms with E-state index in [1.807, 2.05) is 48.5 Å². The molecule has 7 heteroatoms. The summed E-state index contributed by atoms with van der Waals surface area (Å²) in [6.07, 6.45) is 0.688. The number of rotatable bonds is 4. The van der Waals surface area contributed by atoms with Gasteiger partial charge in [-0.2, -0.15) is 0 Å². The summed E-state index contributed by atoms with van der Waals surface area (Å²) in [6, 6.07) is 0. The van der Waals surface area contributed by atoms with Gasteiger partial charge in [0.25, 0.3) is 10.0 Å². The summed E-state index contributed by atoms with van der Waals surface area (Å²) in [5, 5.41) is 3.07. The molecule has 0 aliphatic carbocycles. The van der Waals surface area contributed by atoms with Crippen LogP contribution in [0.5, 0.6) is 5.75 Å². The fourth-order valence-electron chi connectivity index (χ4n) is 3.15. The lowest BCUT2D eigenvalue weighted by atomic mass is 9.94. The fraction of sp³-hybridized carbons (Fsp3) is 0.611. The molecule has 1 aromatic carbocycles. The molecule has 5 nitrogen and oxygen atoms in total. The van der Waals surface area contributed by atoms with Gasteiger partial charge in [-0.25, -0.2) is 8.42 Å². The van der Waals surface area contributed by atoms with Gasteiger partial charge in [-0.05, 0) is 69.4 Å². The maximum Gasteiger partial charge on any atom is 0.264 e. The first kappa shape index (κ1) is 20.0. The summed E-state index contributed by atoms with van der Waals surface area (Å²) in [4.78, 5) is 0.304. The predicted octanol–water partition coefficient (Wildman–Crippen LogP) is 3.13. The van der Waals surface area contributed by atoms with E-state index in [0.29, 0.717) is 29.3 Å². The van der Waals surface area contributed by atoms with Crippen molar-refractivity contribution in [2.75, 3.05) is 6.54 Å². The van der Waals surface area contributed by atoms with Crippen LogP contribution in [0.1, 0.15) is 49.9 Å². The second-order valence-electron chi connectivity index (χ2n) is 7.76. The molecule has 1 heterocycles. The van der Waals surface area contributed by atoms with Gasteiger partial charge in [0.2, 0.25) is 0 Å². The van der Waals surface area contributed by atoms with Crippen LogP contribution < -0.4 is 14.8 Å². The highest BCUT2D eigenvalue weighted by molar-refractivity contribution is 7.92. The van der Waals surface area contributed by atoms with Crippen molar-refractivity contribution >= 4 is 27.4 Å². The van der Waals surface area contributed by atoms with Crippen LogP contribution in [0.15, 0.2) is 4.90 Å². The molecule has 1 aliphatic rings. The Morgan fingerprint density at radius 3 is 2.36 bits per heavy atom. The monoisotopic (exact) mass is 384 g/mol. The molecule has 0 unspecified atom stereocenters. The van der Waals surface area contributed by atoms with Gasteiger partial charge in [0, 0.05) is 18.5 Å². The Morgan fingerprint density at radius 1 is 1.20 bits per heavy atom. The van der Waals surface area contributed by atoms with Crippen LogP contribution in [0.4, 0.5) is 0 Å². The summed E-state index contributed by atoms with van der Waals surface area (Å²) in [7, 11) is -3.76. The van der Waals surface area contributed by atoms with E-state index >= 15 is 0 Å². The summed E-state index contributed by atoms with van der Waals surface area (Å²) >= 11 is 5.15. The molecule has 2 rings (SSSR count). The first-order valence-corrected chi connectivity index (χ1v) is 10.4. The number of benzene rings is 1. The zero-order valence-corrected chi connectivity index (χ0v) is 17.7. The molecule has 0 amide bonds. The molecule has 0 saturated heterocycles. The van der Waals surface area contributed by atoms with Crippen LogP contribution in [0, 0.1) is 26.7 Å². The standard InChI is InChI=1S/C18H28N2O3S2/c1-10(2)9-19-17(24)20-25(21,22)16-12(4)11(3)15-14(13(16)5)8-18(6,7)23-15/h10H,8-9H2,1-7H3,(H2,19,20,24). The molecule has 0 bridgehead atoms. The van der Waals surface area contributed by atoms with Gasteiger partial charge in [-0.1, -0.05) is 13.8 Å². The van der Waals surface area contributed by atoms with E-state index in [9.17, 15) is 8.42 Å². The molecule has 0 aromatic heterocycles. The second kappa shape index (κ2) is 6.76. The van der Waals surface area contributed by atoms with E-state index in [1.54, 1.807) is 0 Å². The highest BCUT2D eigenvalue weighted by Crippen LogP contribution is 2.43. The fourth-order valence-corrected chi connectivity index (χ4v) is 5.07. The van der Waals surface area contributed by atoms with Crippen LogP contribution in [0.3, 0.4) is 0 Å². The van der Waals surface area contributed by atoms with Gasteiger partial charge >= 0.3 is 0 Å². The molecule has 0 saturated carbocycles. The van der Waals surface area contributed by atoms with Gasteiger partial charge in [0.05, 0.1) is 4.90 Å². The lowest BCUT2D eigenvalue weighted by molar-refractivity contribution is 0.137. The number of fused-ring (bicyclic) bond motifs is 1. The first-order chi connectivity index (χ1) is 11.4. The van der Waals surface area contributed by atoms with Gasteiger partial charge in [-0.3, -0.25) is 4.72 Å². The maximum absolute atomic E-state index is 13.0. The largest absolute Gasteiger partial charge is 0.487 e. The van der Waals surface area contributed by atoms with Crippen molar-refractivity contribution in [3.05, 3.63) is 22.3 Å². The van der Waals surface area contributed by atoms with Gasteiger partial charge in [-0.15, -0.1) is 0 Å². The number of sulfonamides is 1. The van der Waals surface area contributed by atoms with E-state index in [2.05, 4.69) is 10.0 Å². The first-order valence-electron chi connectivity index (χ1n) is 8.48. The Hall–Kier alpha value is -1.34. The van der Waals surface area contributed by atoms with Crippen molar-refractivity contribution in [3.8, 4) is 5.75 Å². The van der Waals surface area contributed by atoms with Crippen molar-refractivity contribution in [1.29, 1.82) is 0 Å². The third-order valence-corrected chi connectivity index (χ3v) is 6.46. The van der Waals surface area contributed by atoms with Gasteiger partial charge in [0.1, 0.15) is 11.4 Å². The molecular weight excluding hydrogens is 356 g/mol. The molecule has 140 valence electrons. The molecule has 1 aliphatic heterocycles. The second-order valence-corrected chi connectivity index (χ2v) is 9.79. The van der Waals surface area contributed by atoms with E-state index in [4.69, 9.17) is 17.0 Å². The highest BCUT2D eigenvalue weighted by atomic mass is 32.2. The average Bonchev–Trinajstić information content (AvgIpc) is 2.78. The van der Waals surface area contributed by atoms with Crippen LogP contribution in [0.25, 0.3) is 0 Å². The van der Waals surface area contributed by atoms with E-state index < -0.39 is 10.0 Å². The number of ether oxygens (including phenoxy) is 1. The summed E-state index contributed by atoms with van der Waals surface area (Å²) in [6.45, 7) is 14.3. The highest BCUT2D eigenvalue weighted by Gasteiger charge is 2.36. The lowest BCUT2D eigenvalue weighted by Crippen LogP contribution is -2.41. The van der Waals surface area contributed by atoms with E-state index in [-0.39, 0.29) is 10.7 Å². The zero-order chi connectivity index (χ0) is 19.2. The molecule has 0 spiro atoms. The predicted molar refractivity (Wildman–Crippen MR) is 105 cm³/mol. The molecule has 2 N–H and O–H groups in total. The van der Waals surface area contributed by atoms with Crippen LogP contribution in [-0.4, -0.2) is 25.7 Å². The summed E-state index contributed by atoms with van der Waals surface area (Å²) in [5.41, 5.74) is 2.95. The number of hydrogen-bond acceptors (Lipinski definition) is 4.